The Kier molecular flexibility index (Phi) is 6.51. The summed E-state index contributed by atoms with van der Waals surface area (Å²) in [6.07, 6.45) is 0.871. The van der Waals surface area contributed by atoms with Crippen molar-refractivity contribution >= 4 is 15.7 Å². The Morgan fingerprint density at radius 1 is 1.14 bits per heavy atom. The highest BCUT2D eigenvalue weighted by atomic mass is 32.2. The minimum atomic E-state index is -3.54. The average molecular weight is 418 g/mol. The Hall–Kier alpha value is -2.09. The first-order chi connectivity index (χ1) is 13.8. The van der Waals surface area contributed by atoms with Crippen LogP contribution >= 0.6 is 0 Å². The van der Waals surface area contributed by atoms with Crippen LogP contribution in [-0.4, -0.2) is 50.9 Å². The summed E-state index contributed by atoms with van der Waals surface area (Å²) in [5, 5.41) is -0.966. The van der Waals surface area contributed by atoms with E-state index in [1.165, 1.54) is 9.87 Å². The lowest BCUT2D eigenvalue weighted by Crippen LogP contribution is -2.54. The highest BCUT2D eigenvalue weighted by Gasteiger charge is 2.36. The van der Waals surface area contributed by atoms with Gasteiger partial charge in [-0.2, -0.15) is 0 Å². The molecule has 0 radical (unpaired) electrons. The molecule has 2 aromatic carbocycles. The Morgan fingerprint density at radius 3 is 2.48 bits per heavy atom. The third-order valence-electron chi connectivity index (χ3n) is 5.79. The van der Waals surface area contributed by atoms with Crippen LogP contribution in [0.2, 0.25) is 0 Å². The molecular formula is C22H31N3O3S. The highest BCUT2D eigenvalue weighted by Crippen LogP contribution is 2.35. The van der Waals surface area contributed by atoms with Crippen LogP contribution in [0.15, 0.2) is 42.5 Å². The van der Waals surface area contributed by atoms with Gasteiger partial charge in [0.15, 0.2) is 0 Å². The number of benzene rings is 2. The molecule has 0 amide bonds. The molecule has 1 heterocycles. The van der Waals surface area contributed by atoms with Crippen LogP contribution in [0.3, 0.4) is 0 Å². The fourth-order valence-corrected chi connectivity index (χ4v) is 5.72. The van der Waals surface area contributed by atoms with Gasteiger partial charge in [0, 0.05) is 25.3 Å². The Bertz CT molecular complexity index is 958. The molecule has 29 heavy (non-hydrogen) atoms. The molecule has 0 fully saturated rings. The zero-order valence-corrected chi connectivity index (χ0v) is 18.4. The number of anilines is 1. The fraction of sp³-hybridized carbons (Fsp3) is 0.455. The molecule has 0 saturated heterocycles. The maximum absolute atomic E-state index is 12.9. The van der Waals surface area contributed by atoms with Gasteiger partial charge in [0.05, 0.1) is 13.2 Å². The molecule has 1 aliphatic heterocycles. The topological polar surface area (TPSA) is 75.9 Å². The van der Waals surface area contributed by atoms with Crippen molar-refractivity contribution in [2.45, 2.75) is 38.6 Å². The average Bonchev–Trinajstić information content (AvgIpc) is 3.16. The maximum Gasteiger partial charge on any atom is 0.231 e. The Labute approximate surface area is 174 Å². The summed E-state index contributed by atoms with van der Waals surface area (Å²) in [6.45, 7) is 7.20. The monoisotopic (exact) mass is 417 g/mol. The number of rotatable bonds is 8. The van der Waals surface area contributed by atoms with Gasteiger partial charge in [0.2, 0.25) is 10.0 Å². The molecule has 6 nitrogen and oxygen atoms in total. The van der Waals surface area contributed by atoms with Gasteiger partial charge in [-0.05, 0) is 54.3 Å². The van der Waals surface area contributed by atoms with Gasteiger partial charge in [-0.3, -0.25) is 0 Å². The van der Waals surface area contributed by atoms with E-state index in [1.807, 2.05) is 39.0 Å². The van der Waals surface area contributed by atoms with Gasteiger partial charge in [-0.1, -0.05) is 32.0 Å². The number of sulfonamides is 1. The minimum absolute atomic E-state index is 0.315. The summed E-state index contributed by atoms with van der Waals surface area (Å²) in [4.78, 5) is 2.12. The standard InChI is InChI=1S/C22H31N3O3S/c1-5-24(6-2)29(26,27)22(23)16(3)25-13-12-19-14-18(10-11-21(19)25)17-8-7-9-20(15-17)28-4/h7-11,14-16,22H,5-6,12-13,23H2,1-4H3. The number of hydrogen-bond donors (Lipinski definition) is 1. The molecule has 1 aliphatic rings. The second kappa shape index (κ2) is 8.73. The molecule has 0 saturated carbocycles. The van der Waals surface area contributed by atoms with E-state index in [2.05, 4.69) is 29.2 Å². The molecule has 3 rings (SSSR count). The summed E-state index contributed by atoms with van der Waals surface area (Å²) in [5.41, 5.74) is 10.7. The van der Waals surface area contributed by atoms with Crippen LogP contribution in [0.4, 0.5) is 5.69 Å². The van der Waals surface area contributed by atoms with E-state index in [-0.39, 0.29) is 6.04 Å². The summed E-state index contributed by atoms with van der Waals surface area (Å²) in [7, 11) is -1.88. The molecule has 2 unspecified atom stereocenters. The van der Waals surface area contributed by atoms with E-state index in [1.54, 1.807) is 7.11 Å². The lowest BCUT2D eigenvalue weighted by molar-refractivity contribution is 0.415. The zero-order chi connectivity index (χ0) is 21.2. The Balaban J connectivity index is 1.86. The zero-order valence-electron chi connectivity index (χ0n) is 17.6. The van der Waals surface area contributed by atoms with E-state index >= 15 is 0 Å². The lowest BCUT2D eigenvalue weighted by atomic mass is 10.0. The van der Waals surface area contributed by atoms with Crippen molar-refractivity contribution in [1.82, 2.24) is 4.31 Å². The molecule has 0 aromatic heterocycles. The number of nitrogens with two attached hydrogens (primary N) is 1. The molecule has 158 valence electrons. The summed E-state index contributed by atoms with van der Waals surface area (Å²) >= 11 is 0. The van der Waals surface area contributed by atoms with E-state index in [4.69, 9.17) is 10.5 Å². The van der Waals surface area contributed by atoms with Crippen molar-refractivity contribution in [2.75, 3.05) is 31.6 Å². The van der Waals surface area contributed by atoms with Gasteiger partial charge < -0.3 is 15.4 Å². The molecule has 0 bridgehead atoms. The van der Waals surface area contributed by atoms with Crippen molar-refractivity contribution in [3.8, 4) is 16.9 Å². The summed E-state index contributed by atoms with van der Waals surface area (Å²) in [6, 6.07) is 14.0. The van der Waals surface area contributed by atoms with Crippen LogP contribution in [-0.2, 0) is 16.4 Å². The van der Waals surface area contributed by atoms with Gasteiger partial charge in [0.1, 0.15) is 11.1 Å². The highest BCUT2D eigenvalue weighted by molar-refractivity contribution is 7.89. The predicted molar refractivity (Wildman–Crippen MR) is 119 cm³/mol. The van der Waals surface area contributed by atoms with Crippen LogP contribution in [0.5, 0.6) is 5.75 Å². The van der Waals surface area contributed by atoms with Gasteiger partial charge in [-0.15, -0.1) is 0 Å². The first kappa shape index (κ1) is 21.6. The lowest BCUT2D eigenvalue weighted by Gasteiger charge is -2.34. The van der Waals surface area contributed by atoms with Crippen molar-refractivity contribution in [3.63, 3.8) is 0 Å². The third kappa shape index (κ3) is 4.13. The van der Waals surface area contributed by atoms with Crippen molar-refractivity contribution in [1.29, 1.82) is 0 Å². The molecule has 2 N–H and O–H groups in total. The molecule has 7 heteroatoms. The molecule has 2 aromatic rings. The van der Waals surface area contributed by atoms with Crippen LogP contribution in [0, 0.1) is 0 Å². The van der Waals surface area contributed by atoms with Crippen LogP contribution in [0.25, 0.3) is 11.1 Å². The summed E-state index contributed by atoms with van der Waals surface area (Å²) in [5.74, 6) is 0.825. The maximum atomic E-state index is 12.9. The van der Waals surface area contributed by atoms with E-state index in [9.17, 15) is 8.42 Å². The van der Waals surface area contributed by atoms with Crippen molar-refractivity contribution in [2.24, 2.45) is 5.73 Å². The number of ether oxygens (including phenoxy) is 1. The quantitative estimate of drug-likeness (QED) is 0.714. The van der Waals surface area contributed by atoms with Crippen LogP contribution in [0.1, 0.15) is 26.3 Å². The normalized spacial score (nSPS) is 16.0. The molecule has 0 aliphatic carbocycles. The number of hydrogen-bond acceptors (Lipinski definition) is 5. The minimum Gasteiger partial charge on any atom is -0.497 e. The largest absolute Gasteiger partial charge is 0.497 e. The Morgan fingerprint density at radius 2 is 1.83 bits per heavy atom. The number of fused-ring (bicyclic) bond motifs is 1. The fourth-order valence-electron chi connectivity index (χ4n) is 4.01. The molecular weight excluding hydrogens is 386 g/mol. The van der Waals surface area contributed by atoms with Gasteiger partial charge >= 0.3 is 0 Å². The summed E-state index contributed by atoms with van der Waals surface area (Å²) < 4.78 is 32.5. The second-order valence-corrected chi connectivity index (χ2v) is 9.44. The molecule has 0 spiro atoms. The van der Waals surface area contributed by atoms with Crippen molar-refractivity contribution < 1.29 is 13.2 Å². The third-order valence-corrected chi connectivity index (χ3v) is 8.11. The van der Waals surface area contributed by atoms with E-state index < -0.39 is 15.4 Å². The molecule has 2 atom stereocenters. The predicted octanol–water partition coefficient (Wildman–Crippen LogP) is 3.07. The van der Waals surface area contributed by atoms with Crippen molar-refractivity contribution in [3.05, 3.63) is 48.0 Å². The SMILES string of the molecule is CCN(CC)S(=O)(=O)C(N)C(C)N1CCc2cc(-c3cccc(OC)c3)ccc21. The smallest absolute Gasteiger partial charge is 0.231 e. The van der Waals surface area contributed by atoms with Gasteiger partial charge in [-0.25, -0.2) is 12.7 Å². The first-order valence-electron chi connectivity index (χ1n) is 10.1. The second-order valence-electron chi connectivity index (χ2n) is 7.35. The van der Waals surface area contributed by atoms with Crippen LogP contribution < -0.4 is 15.4 Å². The number of methoxy groups -OCH3 is 1. The van der Waals surface area contributed by atoms with Gasteiger partial charge in [0.25, 0.3) is 0 Å². The van der Waals surface area contributed by atoms with E-state index in [0.717, 1.165) is 35.5 Å². The first-order valence-corrected chi connectivity index (χ1v) is 11.6. The van der Waals surface area contributed by atoms with E-state index in [0.29, 0.717) is 13.1 Å². The number of nitrogens with zero attached hydrogens (tertiary/aromatic N) is 2.